The molecule has 0 saturated heterocycles. The number of benzene rings is 1. The molecular weight excluding hydrogens is 308 g/mol. The summed E-state index contributed by atoms with van der Waals surface area (Å²) < 4.78 is 0. The molecule has 23 heavy (non-hydrogen) atoms. The van der Waals surface area contributed by atoms with Crippen LogP contribution in [0.5, 0.6) is 0 Å². The lowest BCUT2D eigenvalue weighted by Gasteiger charge is -2.10. The summed E-state index contributed by atoms with van der Waals surface area (Å²) in [7, 11) is 0. The summed E-state index contributed by atoms with van der Waals surface area (Å²) in [6.07, 6.45) is 0.786. The molecule has 2 aromatic heterocycles. The summed E-state index contributed by atoms with van der Waals surface area (Å²) in [5.74, 6) is 1.59. The second-order valence-corrected chi connectivity index (χ2v) is 5.97. The van der Waals surface area contributed by atoms with Gasteiger partial charge in [0.2, 0.25) is 0 Å². The molecule has 0 aliphatic heterocycles. The Morgan fingerprint density at radius 2 is 2.00 bits per heavy atom. The van der Waals surface area contributed by atoms with Crippen LogP contribution in [0.3, 0.4) is 0 Å². The molecule has 0 atom stereocenters. The Labute approximate surface area is 138 Å². The number of nitrogens with zero attached hydrogens (tertiary/aromatic N) is 2. The molecule has 3 rings (SSSR count). The van der Waals surface area contributed by atoms with Crippen molar-refractivity contribution in [3.05, 3.63) is 52.5 Å². The highest BCUT2D eigenvalue weighted by molar-refractivity contribution is 7.12. The Morgan fingerprint density at radius 3 is 2.78 bits per heavy atom. The minimum absolute atomic E-state index is 0.0383. The fourth-order valence-corrected chi connectivity index (χ4v) is 2.91. The van der Waals surface area contributed by atoms with E-state index in [1.807, 2.05) is 48.7 Å². The molecule has 6 heteroatoms. The van der Waals surface area contributed by atoms with E-state index in [9.17, 15) is 4.79 Å². The molecule has 1 amide bonds. The molecule has 0 spiro atoms. The summed E-state index contributed by atoms with van der Waals surface area (Å²) in [4.78, 5) is 21.7. The first-order valence-corrected chi connectivity index (χ1v) is 8.47. The van der Waals surface area contributed by atoms with Gasteiger partial charge in [0.25, 0.3) is 5.91 Å². The second kappa shape index (κ2) is 7.19. The number of para-hydroxylation sites is 1. The Morgan fingerprint density at radius 1 is 1.13 bits per heavy atom. The van der Waals surface area contributed by atoms with Gasteiger partial charge in [-0.1, -0.05) is 25.1 Å². The highest BCUT2D eigenvalue weighted by Crippen LogP contribution is 2.19. The lowest BCUT2D eigenvalue weighted by Crippen LogP contribution is -2.28. The van der Waals surface area contributed by atoms with Gasteiger partial charge in [-0.25, -0.2) is 9.97 Å². The van der Waals surface area contributed by atoms with Gasteiger partial charge in [0.1, 0.15) is 11.6 Å². The number of amides is 1. The van der Waals surface area contributed by atoms with Crippen LogP contribution in [-0.4, -0.2) is 29.0 Å². The molecular formula is C17H18N4OS. The van der Waals surface area contributed by atoms with Crippen molar-refractivity contribution in [2.75, 3.05) is 18.4 Å². The van der Waals surface area contributed by atoms with E-state index in [-0.39, 0.29) is 5.91 Å². The zero-order valence-corrected chi connectivity index (χ0v) is 13.7. The second-order valence-electron chi connectivity index (χ2n) is 5.02. The third kappa shape index (κ3) is 3.65. The van der Waals surface area contributed by atoms with Crippen molar-refractivity contribution < 1.29 is 4.79 Å². The van der Waals surface area contributed by atoms with Crippen LogP contribution >= 0.6 is 11.3 Å². The Kier molecular flexibility index (Phi) is 4.83. The lowest BCUT2D eigenvalue weighted by atomic mass is 10.2. The van der Waals surface area contributed by atoms with Crippen molar-refractivity contribution >= 4 is 34.0 Å². The van der Waals surface area contributed by atoms with Crippen LogP contribution in [0, 0.1) is 0 Å². The standard InChI is InChI=1S/C17H18N4OS/c1-2-15-20-13-7-4-3-6-12(13)16(21-15)18-9-10-19-17(22)14-8-5-11-23-14/h3-8,11H,2,9-10H2,1H3,(H,19,22)(H,18,20,21). The van der Waals surface area contributed by atoms with Gasteiger partial charge in [-0.3, -0.25) is 4.79 Å². The fourth-order valence-electron chi connectivity index (χ4n) is 2.27. The smallest absolute Gasteiger partial charge is 0.261 e. The van der Waals surface area contributed by atoms with E-state index in [1.54, 1.807) is 0 Å². The van der Waals surface area contributed by atoms with Crippen LogP contribution in [0.15, 0.2) is 41.8 Å². The number of hydrogen-bond acceptors (Lipinski definition) is 5. The molecule has 2 heterocycles. The monoisotopic (exact) mass is 326 g/mol. The molecule has 0 saturated carbocycles. The van der Waals surface area contributed by atoms with E-state index < -0.39 is 0 Å². The molecule has 118 valence electrons. The number of carbonyl (C=O) groups is 1. The minimum atomic E-state index is -0.0383. The number of hydrogen-bond donors (Lipinski definition) is 2. The summed E-state index contributed by atoms with van der Waals surface area (Å²) in [5, 5.41) is 9.09. The molecule has 0 bridgehead atoms. The third-order valence-electron chi connectivity index (χ3n) is 3.41. The van der Waals surface area contributed by atoms with Crippen molar-refractivity contribution in [1.29, 1.82) is 0 Å². The zero-order valence-electron chi connectivity index (χ0n) is 12.9. The number of carbonyl (C=O) groups excluding carboxylic acids is 1. The molecule has 0 aliphatic carbocycles. The molecule has 5 nitrogen and oxygen atoms in total. The molecule has 2 N–H and O–H groups in total. The summed E-state index contributed by atoms with van der Waals surface area (Å²) >= 11 is 1.44. The number of anilines is 1. The van der Waals surface area contributed by atoms with Crippen molar-refractivity contribution in [2.24, 2.45) is 0 Å². The molecule has 0 radical (unpaired) electrons. The average Bonchev–Trinajstić information content (AvgIpc) is 3.12. The summed E-state index contributed by atoms with van der Waals surface area (Å²) in [5.41, 5.74) is 0.935. The molecule has 0 fully saturated rings. The van der Waals surface area contributed by atoms with Gasteiger partial charge in [-0.15, -0.1) is 11.3 Å². The summed E-state index contributed by atoms with van der Waals surface area (Å²) in [6.45, 7) is 3.19. The number of aromatic nitrogens is 2. The first-order chi connectivity index (χ1) is 11.3. The van der Waals surface area contributed by atoms with E-state index in [2.05, 4.69) is 20.6 Å². The normalized spacial score (nSPS) is 10.7. The van der Waals surface area contributed by atoms with E-state index >= 15 is 0 Å². The summed E-state index contributed by atoms with van der Waals surface area (Å²) in [6, 6.07) is 11.6. The van der Waals surface area contributed by atoms with Gasteiger partial charge >= 0.3 is 0 Å². The van der Waals surface area contributed by atoms with Crippen molar-refractivity contribution in [1.82, 2.24) is 15.3 Å². The van der Waals surface area contributed by atoms with Gasteiger partial charge in [-0.2, -0.15) is 0 Å². The molecule has 0 aliphatic rings. The van der Waals surface area contributed by atoms with Gasteiger partial charge < -0.3 is 10.6 Å². The van der Waals surface area contributed by atoms with E-state index in [4.69, 9.17) is 0 Å². The third-order valence-corrected chi connectivity index (χ3v) is 4.28. The van der Waals surface area contributed by atoms with E-state index in [0.29, 0.717) is 13.1 Å². The first kappa shape index (κ1) is 15.4. The van der Waals surface area contributed by atoms with Crippen LogP contribution < -0.4 is 10.6 Å². The number of nitrogens with one attached hydrogen (secondary N) is 2. The van der Waals surface area contributed by atoms with Crippen LogP contribution in [0.4, 0.5) is 5.82 Å². The van der Waals surface area contributed by atoms with Crippen LogP contribution in [0.1, 0.15) is 22.4 Å². The minimum Gasteiger partial charge on any atom is -0.368 e. The van der Waals surface area contributed by atoms with Crippen molar-refractivity contribution in [2.45, 2.75) is 13.3 Å². The Hall–Kier alpha value is -2.47. The number of rotatable bonds is 6. The maximum atomic E-state index is 11.9. The molecule has 1 aromatic carbocycles. The van der Waals surface area contributed by atoms with Crippen LogP contribution in [0.2, 0.25) is 0 Å². The van der Waals surface area contributed by atoms with Crippen LogP contribution in [-0.2, 0) is 6.42 Å². The molecule has 3 aromatic rings. The maximum Gasteiger partial charge on any atom is 0.261 e. The SMILES string of the molecule is CCc1nc(NCCNC(=O)c2cccs2)c2ccccc2n1. The van der Waals surface area contributed by atoms with Gasteiger partial charge in [0, 0.05) is 24.9 Å². The Balaban J connectivity index is 1.64. The predicted octanol–water partition coefficient (Wildman–Crippen LogP) is 3.10. The first-order valence-electron chi connectivity index (χ1n) is 7.59. The topological polar surface area (TPSA) is 66.9 Å². The quantitative estimate of drug-likeness (QED) is 0.683. The highest BCUT2D eigenvalue weighted by Gasteiger charge is 2.07. The largest absolute Gasteiger partial charge is 0.368 e. The Bertz CT molecular complexity index is 801. The highest BCUT2D eigenvalue weighted by atomic mass is 32.1. The van der Waals surface area contributed by atoms with E-state index in [0.717, 1.165) is 33.8 Å². The van der Waals surface area contributed by atoms with Crippen molar-refractivity contribution in [3.8, 4) is 0 Å². The number of fused-ring (bicyclic) bond motifs is 1. The van der Waals surface area contributed by atoms with Gasteiger partial charge in [-0.05, 0) is 23.6 Å². The fraction of sp³-hybridized carbons (Fsp3) is 0.235. The zero-order chi connectivity index (χ0) is 16.1. The van der Waals surface area contributed by atoms with E-state index in [1.165, 1.54) is 11.3 Å². The number of thiophene rings is 1. The maximum absolute atomic E-state index is 11.9. The average molecular weight is 326 g/mol. The van der Waals surface area contributed by atoms with Gasteiger partial charge in [0.05, 0.1) is 10.4 Å². The lowest BCUT2D eigenvalue weighted by molar-refractivity contribution is 0.0959. The van der Waals surface area contributed by atoms with Crippen LogP contribution in [0.25, 0.3) is 10.9 Å². The molecule has 0 unspecified atom stereocenters. The number of aryl methyl sites for hydroxylation is 1. The predicted molar refractivity (Wildman–Crippen MR) is 94.1 cm³/mol. The van der Waals surface area contributed by atoms with Crippen molar-refractivity contribution in [3.63, 3.8) is 0 Å². The van der Waals surface area contributed by atoms with Gasteiger partial charge in [0.15, 0.2) is 0 Å².